The van der Waals surface area contributed by atoms with Crippen LogP contribution >= 0.6 is 24.8 Å². The Morgan fingerprint density at radius 2 is 1.31 bits per heavy atom. The van der Waals surface area contributed by atoms with E-state index in [1.165, 1.54) is 38.7 Å². The second-order valence-corrected chi connectivity index (χ2v) is 8.33. The molecule has 0 aromatic heterocycles. The number of piperazine rings is 1. The molecular weight excluding hydrogens is 435 g/mol. The molecule has 1 heterocycles. The highest BCUT2D eigenvalue weighted by atomic mass is 35.5. The molecule has 4 heteroatoms. The van der Waals surface area contributed by atoms with Gasteiger partial charge < -0.3 is 4.90 Å². The summed E-state index contributed by atoms with van der Waals surface area (Å²) in [6.45, 7) is 7.51. The van der Waals surface area contributed by atoms with Crippen molar-refractivity contribution in [2.45, 2.75) is 13.5 Å². The van der Waals surface area contributed by atoms with Crippen LogP contribution in [0, 0.1) is 6.92 Å². The summed E-state index contributed by atoms with van der Waals surface area (Å²) >= 11 is 0. The van der Waals surface area contributed by atoms with Crippen molar-refractivity contribution >= 4 is 41.3 Å². The molecule has 5 rings (SSSR count). The van der Waals surface area contributed by atoms with E-state index in [-0.39, 0.29) is 24.8 Å². The van der Waals surface area contributed by atoms with Crippen molar-refractivity contribution in [2.75, 3.05) is 31.1 Å². The third kappa shape index (κ3) is 5.27. The van der Waals surface area contributed by atoms with Gasteiger partial charge in [-0.2, -0.15) is 0 Å². The van der Waals surface area contributed by atoms with Crippen LogP contribution in [-0.4, -0.2) is 31.1 Å². The maximum atomic E-state index is 2.57. The molecule has 1 saturated heterocycles. The zero-order chi connectivity index (χ0) is 20.3. The first-order valence-corrected chi connectivity index (χ1v) is 10.9. The second-order valence-electron chi connectivity index (χ2n) is 8.33. The maximum Gasteiger partial charge on any atom is 0.0453 e. The smallest absolute Gasteiger partial charge is 0.0453 e. The van der Waals surface area contributed by atoms with Crippen molar-refractivity contribution in [2.24, 2.45) is 0 Å². The molecule has 0 radical (unpaired) electrons. The van der Waals surface area contributed by atoms with Crippen molar-refractivity contribution in [3.63, 3.8) is 0 Å². The van der Waals surface area contributed by atoms with Gasteiger partial charge in [0.25, 0.3) is 0 Å². The van der Waals surface area contributed by atoms with Gasteiger partial charge >= 0.3 is 0 Å². The standard InChI is InChI=1S/C28H28N2.2ClH/c1-22-11-13-23(14-12-22)21-29-15-17-30(18-16-29)28-20-26(24-7-3-2-4-8-24)19-25-9-5-6-10-27(25)28;;/h2-14,19-20H,15-18,21H2,1H3;2*1H. The van der Waals surface area contributed by atoms with E-state index in [4.69, 9.17) is 0 Å². The predicted molar refractivity (Wildman–Crippen MR) is 143 cm³/mol. The van der Waals surface area contributed by atoms with Gasteiger partial charge in [-0.25, -0.2) is 0 Å². The Morgan fingerprint density at radius 1 is 0.656 bits per heavy atom. The van der Waals surface area contributed by atoms with Crippen LogP contribution in [-0.2, 0) is 6.54 Å². The minimum absolute atomic E-state index is 0. The van der Waals surface area contributed by atoms with E-state index in [0.29, 0.717) is 0 Å². The lowest BCUT2D eigenvalue weighted by Gasteiger charge is -2.37. The van der Waals surface area contributed by atoms with E-state index in [9.17, 15) is 0 Å². The predicted octanol–water partition coefficient (Wildman–Crippen LogP) is 6.98. The lowest BCUT2D eigenvalue weighted by atomic mass is 9.99. The molecule has 4 aromatic rings. The number of halogens is 2. The number of aryl methyl sites for hydroxylation is 1. The zero-order valence-corrected chi connectivity index (χ0v) is 20.0. The number of benzene rings is 4. The summed E-state index contributed by atoms with van der Waals surface area (Å²) in [5.74, 6) is 0. The Morgan fingerprint density at radius 3 is 2.03 bits per heavy atom. The molecule has 0 saturated carbocycles. The molecule has 0 atom stereocenters. The molecule has 166 valence electrons. The minimum Gasteiger partial charge on any atom is -0.368 e. The van der Waals surface area contributed by atoms with E-state index in [1.807, 2.05) is 0 Å². The number of nitrogens with zero attached hydrogens (tertiary/aromatic N) is 2. The fourth-order valence-corrected chi connectivity index (χ4v) is 4.45. The van der Waals surface area contributed by atoms with Gasteiger partial charge in [0.1, 0.15) is 0 Å². The number of rotatable bonds is 4. The average Bonchev–Trinajstić information content (AvgIpc) is 2.81. The zero-order valence-electron chi connectivity index (χ0n) is 18.4. The normalized spacial score (nSPS) is 14.0. The summed E-state index contributed by atoms with van der Waals surface area (Å²) in [6.07, 6.45) is 0. The van der Waals surface area contributed by atoms with Gasteiger partial charge in [0.05, 0.1) is 0 Å². The van der Waals surface area contributed by atoms with Crippen LogP contribution in [0.25, 0.3) is 21.9 Å². The van der Waals surface area contributed by atoms with Crippen molar-refractivity contribution in [1.29, 1.82) is 0 Å². The van der Waals surface area contributed by atoms with Crippen molar-refractivity contribution in [3.8, 4) is 11.1 Å². The van der Waals surface area contributed by atoms with Crippen molar-refractivity contribution in [1.82, 2.24) is 4.90 Å². The molecule has 0 amide bonds. The quantitative estimate of drug-likeness (QED) is 0.321. The van der Waals surface area contributed by atoms with Crippen LogP contribution in [0.4, 0.5) is 5.69 Å². The van der Waals surface area contributed by atoms with Gasteiger partial charge in [-0.15, -0.1) is 24.8 Å². The highest BCUT2D eigenvalue weighted by Crippen LogP contribution is 2.34. The highest BCUT2D eigenvalue weighted by molar-refractivity contribution is 5.98. The molecule has 4 aromatic carbocycles. The summed E-state index contributed by atoms with van der Waals surface area (Å²) in [5, 5.41) is 2.67. The summed E-state index contributed by atoms with van der Waals surface area (Å²) < 4.78 is 0. The number of hydrogen-bond donors (Lipinski definition) is 0. The van der Waals surface area contributed by atoms with Crippen LogP contribution < -0.4 is 4.90 Å². The maximum absolute atomic E-state index is 2.57. The molecule has 0 N–H and O–H groups in total. The Labute approximate surface area is 203 Å². The first-order chi connectivity index (χ1) is 14.8. The lowest BCUT2D eigenvalue weighted by molar-refractivity contribution is 0.250. The number of anilines is 1. The van der Waals surface area contributed by atoms with Crippen molar-refractivity contribution < 1.29 is 0 Å². The molecule has 0 aliphatic carbocycles. The largest absolute Gasteiger partial charge is 0.368 e. The van der Waals surface area contributed by atoms with Crippen LogP contribution in [0.15, 0.2) is 91.0 Å². The van der Waals surface area contributed by atoms with Crippen LogP contribution in [0.2, 0.25) is 0 Å². The van der Waals surface area contributed by atoms with E-state index in [2.05, 4.69) is 108 Å². The number of fused-ring (bicyclic) bond motifs is 1. The number of hydrogen-bond acceptors (Lipinski definition) is 2. The second kappa shape index (κ2) is 10.9. The monoisotopic (exact) mass is 464 g/mol. The molecule has 0 bridgehead atoms. The van der Waals surface area contributed by atoms with E-state index in [1.54, 1.807) is 0 Å². The van der Waals surface area contributed by atoms with Crippen LogP contribution in [0.5, 0.6) is 0 Å². The lowest BCUT2D eigenvalue weighted by Crippen LogP contribution is -2.46. The fourth-order valence-electron chi connectivity index (χ4n) is 4.45. The molecular formula is C28H30Cl2N2. The molecule has 2 nitrogen and oxygen atoms in total. The Bertz CT molecular complexity index is 1140. The van der Waals surface area contributed by atoms with E-state index < -0.39 is 0 Å². The SMILES string of the molecule is Cc1ccc(CN2CCN(c3cc(-c4ccccc4)cc4ccccc34)CC2)cc1.Cl.Cl. The molecule has 0 spiro atoms. The summed E-state index contributed by atoms with van der Waals surface area (Å²) in [5.41, 5.74) is 6.68. The molecule has 1 aliphatic rings. The van der Waals surface area contributed by atoms with E-state index >= 15 is 0 Å². The van der Waals surface area contributed by atoms with Crippen LogP contribution in [0.1, 0.15) is 11.1 Å². The molecule has 32 heavy (non-hydrogen) atoms. The van der Waals surface area contributed by atoms with Gasteiger partial charge in [-0.1, -0.05) is 84.4 Å². The van der Waals surface area contributed by atoms with Crippen LogP contribution in [0.3, 0.4) is 0 Å². The minimum atomic E-state index is 0. The Hall–Kier alpha value is -2.52. The highest BCUT2D eigenvalue weighted by Gasteiger charge is 2.19. The van der Waals surface area contributed by atoms with Gasteiger partial charge in [-0.05, 0) is 41.1 Å². The van der Waals surface area contributed by atoms with Crippen molar-refractivity contribution in [3.05, 3.63) is 102 Å². The van der Waals surface area contributed by atoms with E-state index in [0.717, 1.165) is 32.7 Å². The summed E-state index contributed by atoms with van der Waals surface area (Å²) in [4.78, 5) is 5.14. The first kappa shape index (κ1) is 24.1. The van der Waals surface area contributed by atoms with Gasteiger partial charge in [0.2, 0.25) is 0 Å². The van der Waals surface area contributed by atoms with Gasteiger partial charge in [0.15, 0.2) is 0 Å². The molecule has 0 unspecified atom stereocenters. The molecule has 1 aliphatic heterocycles. The third-order valence-corrected chi connectivity index (χ3v) is 6.19. The van der Waals surface area contributed by atoms with Gasteiger partial charge in [0, 0.05) is 43.8 Å². The Kier molecular flexibility index (Phi) is 8.20. The first-order valence-electron chi connectivity index (χ1n) is 10.9. The summed E-state index contributed by atoms with van der Waals surface area (Å²) in [6, 6.07) is 33.2. The summed E-state index contributed by atoms with van der Waals surface area (Å²) in [7, 11) is 0. The Balaban J connectivity index is 0.00000144. The molecule has 1 fully saturated rings. The third-order valence-electron chi connectivity index (χ3n) is 6.19. The fraction of sp³-hybridized carbons (Fsp3) is 0.214. The van der Waals surface area contributed by atoms with Gasteiger partial charge in [-0.3, -0.25) is 4.90 Å². The average molecular weight is 465 g/mol. The topological polar surface area (TPSA) is 6.48 Å².